The fourth-order valence-electron chi connectivity index (χ4n) is 0.629. The van der Waals surface area contributed by atoms with Gasteiger partial charge in [-0.05, 0) is 26.4 Å². The normalized spacial score (nSPS) is 13.6. The Morgan fingerprint density at radius 1 is 1.18 bits per heavy atom. The molecule has 1 nitrogen and oxygen atoms in total. The third-order valence-corrected chi connectivity index (χ3v) is 3.22. The Labute approximate surface area is 72.6 Å². The molecular weight excluding hydrogens is 150 g/mol. The molecule has 0 heterocycles. The minimum atomic E-state index is -0.894. The van der Waals surface area contributed by atoms with Crippen molar-refractivity contribution < 1.29 is 0 Å². The van der Waals surface area contributed by atoms with Crippen LogP contribution in [0.4, 0.5) is 0 Å². The standard InChI is InChI=1S/C9H23NSi/c1-7-9(2,3)10-8-11(4,5)6/h10H,7-8H2,1-6H3. The highest BCUT2D eigenvalue weighted by Crippen LogP contribution is 2.08. The van der Waals surface area contributed by atoms with Crippen molar-refractivity contribution in [3.8, 4) is 0 Å². The third-order valence-electron chi connectivity index (χ3n) is 1.98. The van der Waals surface area contributed by atoms with E-state index in [9.17, 15) is 0 Å². The second-order valence-electron chi connectivity index (χ2n) is 5.15. The number of rotatable bonds is 4. The molecule has 1 N–H and O–H groups in total. The number of nitrogens with one attached hydrogen (secondary N) is 1. The van der Waals surface area contributed by atoms with Crippen molar-refractivity contribution in [2.75, 3.05) is 6.17 Å². The molecule has 0 aliphatic heterocycles. The van der Waals surface area contributed by atoms with Crippen molar-refractivity contribution in [3.05, 3.63) is 0 Å². The first kappa shape index (κ1) is 11.2. The maximum atomic E-state index is 3.61. The lowest BCUT2D eigenvalue weighted by molar-refractivity contribution is 0.399. The second-order valence-corrected chi connectivity index (χ2v) is 10.6. The Morgan fingerprint density at radius 2 is 1.64 bits per heavy atom. The summed E-state index contributed by atoms with van der Waals surface area (Å²) < 4.78 is 0. The van der Waals surface area contributed by atoms with Gasteiger partial charge in [0.2, 0.25) is 0 Å². The molecular formula is C9H23NSi. The summed E-state index contributed by atoms with van der Waals surface area (Å²) in [4.78, 5) is 0. The minimum Gasteiger partial charge on any atom is -0.315 e. The molecule has 0 radical (unpaired) electrons. The van der Waals surface area contributed by atoms with Crippen molar-refractivity contribution in [2.24, 2.45) is 0 Å². The SMILES string of the molecule is CCC(C)(C)NC[Si](C)(C)C. The van der Waals surface area contributed by atoms with Crippen LogP contribution in [0, 0.1) is 0 Å². The zero-order valence-corrected chi connectivity index (χ0v) is 9.91. The predicted molar refractivity (Wildman–Crippen MR) is 55.7 cm³/mol. The van der Waals surface area contributed by atoms with Crippen LogP contribution in [0.15, 0.2) is 0 Å². The quantitative estimate of drug-likeness (QED) is 0.645. The van der Waals surface area contributed by atoms with Gasteiger partial charge in [0, 0.05) is 5.54 Å². The van der Waals surface area contributed by atoms with Gasteiger partial charge in [0.05, 0.1) is 8.07 Å². The van der Waals surface area contributed by atoms with Crippen LogP contribution in [0.5, 0.6) is 0 Å². The molecule has 68 valence electrons. The Bertz CT molecular complexity index is 113. The van der Waals surface area contributed by atoms with E-state index in [4.69, 9.17) is 0 Å². The summed E-state index contributed by atoms with van der Waals surface area (Å²) in [6, 6.07) is 0. The fraction of sp³-hybridized carbons (Fsp3) is 1.00. The Hall–Kier alpha value is 0.177. The van der Waals surface area contributed by atoms with Gasteiger partial charge < -0.3 is 5.32 Å². The average molecular weight is 173 g/mol. The second kappa shape index (κ2) is 3.72. The molecule has 0 aromatic heterocycles. The van der Waals surface area contributed by atoms with Gasteiger partial charge in [0.15, 0.2) is 0 Å². The Balaban J connectivity index is 3.70. The maximum absolute atomic E-state index is 3.61. The molecule has 0 spiro atoms. The van der Waals surface area contributed by atoms with Crippen LogP contribution in [0.1, 0.15) is 27.2 Å². The highest BCUT2D eigenvalue weighted by atomic mass is 28.3. The molecule has 0 aromatic carbocycles. The van der Waals surface area contributed by atoms with Gasteiger partial charge in [-0.2, -0.15) is 0 Å². The molecule has 0 aromatic rings. The van der Waals surface area contributed by atoms with Crippen LogP contribution in [0.25, 0.3) is 0 Å². The lowest BCUT2D eigenvalue weighted by atomic mass is 10.0. The summed E-state index contributed by atoms with van der Waals surface area (Å²) in [5.41, 5.74) is 0.334. The molecule has 0 aliphatic carbocycles. The molecule has 0 fully saturated rings. The topological polar surface area (TPSA) is 12.0 Å². The molecule has 0 bridgehead atoms. The summed E-state index contributed by atoms with van der Waals surface area (Å²) in [6.07, 6.45) is 2.44. The molecule has 0 amide bonds. The van der Waals surface area contributed by atoms with E-state index in [1.165, 1.54) is 12.6 Å². The summed E-state index contributed by atoms with van der Waals surface area (Å²) in [6.45, 7) is 14.0. The van der Waals surface area contributed by atoms with E-state index < -0.39 is 8.07 Å². The molecule has 2 heteroatoms. The highest BCUT2D eigenvalue weighted by molar-refractivity contribution is 6.76. The van der Waals surface area contributed by atoms with Crippen LogP contribution < -0.4 is 5.32 Å². The van der Waals surface area contributed by atoms with Crippen molar-refractivity contribution in [1.29, 1.82) is 0 Å². The van der Waals surface area contributed by atoms with Crippen LogP contribution in [0.3, 0.4) is 0 Å². The third kappa shape index (κ3) is 6.57. The van der Waals surface area contributed by atoms with Gasteiger partial charge in [-0.1, -0.05) is 26.6 Å². The van der Waals surface area contributed by atoms with E-state index in [-0.39, 0.29) is 0 Å². The van der Waals surface area contributed by atoms with Crippen LogP contribution >= 0.6 is 0 Å². The van der Waals surface area contributed by atoms with Gasteiger partial charge in [-0.15, -0.1) is 0 Å². The molecule has 0 aliphatic rings. The molecule has 0 rings (SSSR count). The van der Waals surface area contributed by atoms with E-state index in [2.05, 4.69) is 45.7 Å². The van der Waals surface area contributed by atoms with Crippen molar-refractivity contribution in [2.45, 2.75) is 52.4 Å². The van der Waals surface area contributed by atoms with Crippen LogP contribution in [0.2, 0.25) is 19.6 Å². The fourth-order valence-corrected chi connectivity index (χ4v) is 1.64. The molecule has 0 saturated carbocycles. The zero-order chi connectivity index (χ0) is 9.12. The number of hydrogen-bond acceptors (Lipinski definition) is 1. The van der Waals surface area contributed by atoms with Crippen molar-refractivity contribution >= 4 is 8.07 Å². The summed E-state index contributed by atoms with van der Waals surface area (Å²) in [7, 11) is -0.894. The first-order valence-electron chi connectivity index (χ1n) is 4.52. The lowest BCUT2D eigenvalue weighted by Crippen LogP contribution is -2.47. The van der Waals surface area contributed by atoms with Gasteiger partial charge in [0.1, 0.15) is 0 Å². The van der Waals surface area contributed by atoms with Crippen LogP contribution in [-0.4, -0.2) is 19.8 Å². The molecule has 11 heavy (non-hydrogen) atoms. The average Bonchev–Trinajstić information content (AvgIpc) is 1.83. The van der Waals surface area contributed by atoms with Gasteiger partial charge >= 0.3 is 0 Å². The van der Waals surface area contributed by atoms with E-state index >= 15 is 0 Å². The molecule has 0 unspecified atom stereocenters. The smallest absolute Gasteiger partial charge is 0.0596 e. The van der Waals surface area contributed by atoms with E-state index in [1.54, 1.807) is 0 Å². The predicted octanol–water partition coefficient (Wildman–Crippen LogP) is 2.64. The summed E-state index contributed by atoms with van der Waals surface area (Å²) in [5.74, 6) is 0. The van der Waals surface area contributed by atoms with Gasteiger partial charge in [0.25, 0.3) is 0 Å². The first-order valence-corrected chi connectivity index (χ1v) is 8.22. The monoisotopic (exact) mass is 173 g/mol. The van der Waals surface area contributed by atoms with E-state index in [0.29, 0.717) is 5.54 Å². The largest absolute Gasteiger partial charge is 0.315 e. The Morgan fingerprint density at radius 3 is 1.91 bits per heavy atom. The molecule has 0 atom stereocenters. The van der Waals surface area contributed by atoms with E-state index in [1.807, 2.05) is 0 Å². The Kier molecular flexibility index (Phi) is 3.78. The van der Waals surface area contributed by atoms with Crippen molar-refractivity contribution in [1.82, 2.24) is 5.32 Å². The lowest BCUT2D eigenvalue weighted by Gasteiger charge is -2.28. The summed E-state index contributed by atoms with van der Waals surface area (Å²) >= 11 is 0. The van der Waals surface area contributed by atoms with E-state index in [0.717, 1.165) is 0 Å². The minimum absolute atomic E-state index is 0.334. The summed E-state index contributed by atoms with van der Waals surface area (Å²) in [5, 5.41) is 3.61. The zero-order valence-electron chi connectivity index (χ0n) is 8.91. The maximum Gasteiger partial charge on any atom is 0.0596 e. The highest BCUT2D eigenvalue weighted by Gasteiger charge is 2.19. The van der Waals surface area contributed by atoms with Gasteiger partial charge in [-0.3, -0.25) is 0 Å². The first-order chi connectivity index (χ1) is 4.77. The molecule has 0 saturated heterocycles. The van der Waals surface area contributed by atoms with Crippen molar-refractivity contribution in [3.63, 3.8) is 0 Å². The van der Waals surface area contributed by atoms with Crippen LogP contribution in [-0.2, 0) is 0 Å². The number of hydrogen-bond donors (Lipinski definition) is 1. The van der Waals surface area contributed by atoms with Gasteiger partial charge in [-0.25, -0.2) is 0 Å².